The van der Waals surface area contributed by atoms with E-state index in [9.17, 15) is 0 Å². The van der Waals surface area contributed by atoms with Crippen LogP contribution in [0.2, 0.25) is 0 Å². The van der Waals surface area contributed by atoms with E-state index in [0.29, 0.717) is 25.4 Å². The van der Waals surface area contributed by atoms with Gasteiger partial charge in [-0.25, -0.2) is 4.98 Å². The average molecular weight is 532 g/mol. The predicted octanol–water partition coefficient (Wildman–Crippen LogP) is 3.66. The van der Waals surface area contributed by atoms with Gasteiger partial charge in [0.1, 0.15) is 6.10 Å². The second kappa shape index (κ2) is 14.8. The molecule has 1 atom stereocenters. The Kier molecular flexibility index (Phi) is 12.4. The average Bonchev–Trinajstić information content (AvgIpc) is 3.27. The van der Waals surface area contributed by atoms with Crippen LogP contribution in [-0.2, 0) is 16.0 Å². The van der Waals surface area contributed by atoms with E-state index in [4.69, 9.17) is 14.2 Å². The SMILES string of the molecule is CN=C(NCCCOCC1CCCO1)NCc1ccnc(OC2CCCCC2)c1.I. The Balaban J connectivity index is 0.00000320. The number of pyridine rings is 1. The first kappa shape index (κ1) is 25.1. The number of ether oxygens (including phenoxy) is 3. The predicted molar refractivity (Wildman–Crippen MR) is 130 cm³/mol. The lowest BCUT2D eigenvalue weighted by molar-refractivity contribution is 0.0168. The summed E-state index contributed by atoms with van der Waals surface area (Å²) in [5.41, 5.74) is 1.13. The molecule has 1 saturated carbocycles. The van der Waals surface area contributed by atoms with Crippen molar-refractivity contribution >= 4 is 29.9 Å². The fourth-order valence-corrected chi connectivity index (χ4v) is 3.76. The van der Waals surface area contributed by atoms with Gasteiger partial charge in [-0.05, 0) is 56.6 Å². The maximum atomic E-state index is 6.06. The number of halogens is 1. The van der Waals surface area contributed by atoms with Gasteiger partial charge in [0, 0.05) is 45.6 Å². The number of guanidine groups is 1. The van der Waals surface area contributed by atoms with Crippen molar-refractivity contribution in [2.75, 3.05) is 33.4 Å². The molecule has 0 amide bonds. The quantitative estimate of drug-likeness (QED) is 0.207. The van der Waals surface area contributed by atoms with Crippen molar-refractivity contribution in [2.24, 2.45) is 4.99 Å². The summed E-state index contributed by atoms with van der Waals surface area (Å²) in [7, 11) is 1.79. The van der Waals surface area contributed by atoms with Crippen molar-refractivity contribution in [1.82, 2.24) is 15.6 Å². The molecule has 1 aromatic heterocycles. The summed E-state index contributed by atoms with van der Waals surface area (Å²) in [6.07, 6.45) is 11.8. The maximum absolute atomic E-state index is 6.06. The van der Waals surface area contributed by atoms with Gasteiger partial charge in [-0.1, -0.05) is 6.42 Å². The van der Waals surface area contributed by atoms with Crippen LogP contribution in [0, 0.1) is 0 Å². The van der Waals surface area contributed by atoms with Gasteiger partial charge in [0.25, 0.3) is 0 Å². The molecule has 1 aliphatic carbocycles. The topological polar surface area (TPSA) is 77.0 Å². The first-order valence-corrected chi connectivity index (χ1v) is 11.1. The Morgan fingerprint density at radius 1 is 1.20 bits per heavy atom. The lowest BCUT2D eigenvalue weighted by Crippen LogP contribution is -2.37. The summed E-state index contributed by atoms with van der Waals surface area (Å²) in [5.74, 6) is 1.51. The minimum absolute atomic E-state index is 0. The monoisotopic (exact) mass is 532 g/mol. The maximum Gasteiger partial charge on any atom is 0.213 e. The molecule has 1 unspecified atom stereocenters. The van der Waals surface area contributed by atoms with Gasteiger partial charge >= 0.3 is 0 Å². The van der Waals surface area contributed by atoms with Gasteiger partial charge in [-0.3, -0.25) is 4.99 Å². The number of aliphatic imine (C=N–C) groups is 1. The summed E-state index contributed by atoms with van der Waals surface area (Å²) in [4.78, 5) is 8.66. The van der Waals surface area contributed by atoms with Crippen molar-refractivity contribution < 1.29 is 14.2 Å². The van der Waals surface area contributed by atoms with Crippen LogP contribution < -0.4 is 15.4 Å². The lowest BCUT2D eigenvalue weighted by atomic mass is 9.98. The molecule has 2 heterocycles. The van der Waals surface area contributed by atoms with E-state index in [1.165, 1.54) is 19.3 Å². The van der Waals surface area contributed by atoms with Gasteiger partial charge in [-0.15, -0.1) is 24.0 Å². The first-order valence-electron chi connectivity index (χ1n) is 11.1. The van der Waals surface area contributed by atoms with Crippen LogP contribution in [-0.4, -0.2) is 56.6 Å². The third kappa shape index (κ3) is 9.34. The number of aromatic nitrogens is 1. The molecule has 3 rings (SSSR count). The van der Waals surface area contributed by atoms with Gasteiger partial charge in [0.15, 0.2) is 5.96 Å². The van der Waals surface area contributed by atoms with Crippen molar-refractivity contribution in [3.63, 3.8) is 0 Å². The molecular formula is C22H37IN4O3. The minimum Gasteiger partial charge on any atom is -0.474 e. The van der Waals surface area contributed by atoms with E-state index in [1.807, 2.05) is 18.3 Å². The summed E-state index contributed by atoms with van der Waals surface area (Å²) < 4.78 is 17.3. The molecule has 0 spiro atoms. The number of hydrogen-bond acceptors (Lipinski definition) is 5. The smallest absolute Gasteiger partial charge is 0.213 e. The van der Waals surface area contributed by atoms with Gasteiger partial charge < -0.3 is 24.8 Å². The summed E-state index contributed by atoms with van der Waals surface area (Å²) in [6.45, 7) is 3.82. The van der Waals surface area contributed by atoms with Crippen LogP contribution >= 0.6 is 24.0 Å². The van der Waals surface area contributed by atoms with Crippen molar-refractivity contribution in [3.05, 3.63) is 23.9 Å². The van der Waals surface area contributed by atoms with Crippen LogP contribution in [0.15, 0.2) is 23.3 Å². The molecular weight excluding hydrogens is 495 g/mol. The molecule has 2 aliphatic rings. The summed E-state index contributed by atoms with van der Waals surface area (Å²) in [6, 6.07) is 4.03. The highest BCUT2D eigenvalue weighted by atomic mass is 127. The lowest BCUT2D eigenvalue weighted by Gasteiger charge is -2.22. The zero-order valence-corrected chi connectivity index (χ0v) is 20.4. The molecule has 1 aromatic rings. The molecule has 1 aliphatic heterocycles. The number of nitrogens with one attached hydrogen (secondary N) is 2. The van der Waals surface area contributed by atoms with Gasteiger partial charge in [-0.2, -0.15) is 0 Å². The molecule has 0 radical (unpaired) electrons. The van der Waals surface area contributed by atoms with E-state index >= 15 is 0 Å². The zero-order chi connectivity index (χ0) is 20.2. The molecule has 0 bridgehead atoms. The molecule has 170 valence electrons. The van der Waals surface area contributed by atoms with Crippen LogP contribution in [0.25, 0.3) is 0 Å². The van der Waals surface area contributed by atoms with Crippen molar-refractivity contribution in [2.45, 2.75) is 70.1 Å². The first-order chi connectivity index (χ1) is 14.3. The Morgan fingerprint density at radius 3 is 2.83 bits per heavy atom. The largest absolute Gasteiger partial charge is 0.474 e. The van der Waals surface area contributed by atoms with E-state index in [1.54, 1.807) is 7.05 Å². The third-order valence-corrected chi connectivity index (χ3v) is 5.41. The molecule has 0 aromatic carbocycles. The van der Waals surface area contributed by atoms with Crippen molar-refractivity contribution in [3.8, 4) is 5.88 Å². The standard InChI is InChI=1S/C22H36N4O3.HI/c1-23-22(25-11-6-13-27-17-20-9-5-14-28-20)26-16-18-10-12-24-21(15-18)29-19-7-3-2-4-8-19;/h10,12,15,19-20H,2-9,11,13-14,16-17H2,1H3,(H2,23,25,26);1H. The fourth-order valence-electron chi connectivity index (χ4n) is 3.76. The van der Waals surface area contributed by atoms with E-state index < -0.39 is 0 Å². The number of rotatable bonds is 10. The molecule has 7 nitrogen and oxygen atoms in total. The zero-order valence-electron chi connectivity index (χ0n) is 18.1. The third-order valence-electron chi connectivity index (χ3n) is 5.41. The molecule has 1 saturated heterocycles. The normalized spacial score (nSPS) is 19.9. The Labute approximate surface area is 197 Å². The Morgan fingerprint density at radius 2 is 2.07 bits per heavy atom. The van der Waals surface area contributed by atoms with E-state index in [-0.39, 0.29) is 24.0 Å². The highest BCUT2D eigenvalue weighted by molar-refractivity contribution is 14.0. The molecule has 2 N–H and O–H groups in total. The highest BCUT2D eigenvalue weighted by Crippen LogP contribution is 2.22. The minimum atomic E-state index is 0. The molecule has 30 heavy (non-hydrogen) atoms. The van der Waals surface area contributed by atoms with Gasteiger partial charge in [0.05, 0.1) is 12.7 Å². The number of hydrogen-bond donors (Lipinski definition) is 2. The number of nitrogens with zero attached hydrogens (tertiary/aromatic N) is 2. The summed E-state index contributed by atoms with van der Waals surface area (Å²) in [5, 5.41) is 6.68. The molecule has 2 fully saturated rings. The summed E-state index contributed by atoms with van der Waals surface area (Å²) >= 11 is 0. The van der Waals surface area contributed by atoms with E-state index in [0.717, 1.165) is 69.3 Å². The van der Waals surface area contributed by atoms with Crippen LogP contribution in [0.3, 0.4) is 0 Å². The Bertz CT molecular complexity index is 620. The second-order valence-electron chi connectivity index (χ2n) is 7.80. The van der Waals surface area contributed by atoms with Crippen LogP contribution in [0.5, 0.6) is 5.88 Å². The fraction of sp³-hybridized carbons (Fsp3) is 0.727. The van der Waals surface area contributed by atoms with Crippen LogP contribution in [0.4, 0.5) is 0 Å². The molecule has 8 heteroatoms. The van der Waals surface area contributed by atoms with E-state index in [2.05, 4.69) is 20.6 Å². The Hall–Kier alpha value is -1.13. The highest BCUT2D eigenvalue weighted by Gasteiger charge is 2.16. The van der Waals surface area contributed by atoms with Gasteiger partial charge in [0.2, 0.25) is 5.88 Å². The second-order valence-corrected chi connectivity index (χ2v) is 7.80. The van der Waals surface area contributed by atoms with Crippen molar-refractivity contribution in [1.29, 1.82) is 0 Å². The van der Waals surface area contributed by atoms with Crippen LogP contribution in [0.1, 0.15) is 56.9 Å².